The van der Waals surface area contributed by atoms with E-state index >= 15 is 0 Å². The van der Waals surface area contributed by atoms with Crippen LogP contribution in [-0.4, -0.2) is 16.3 Å². The summed E-state index contributed by atoms with van der Waals surface area (Å²) >= 11 is 3.48. The van der Waals surface area contributed by atoms with Crippen molar-refractivity contribution in [1.29, 1.82) is 0 Å². The van der Waals surface area contributed by atoms with Gasteiger partial charge in [0.25, 0.3) is 0 Å². The van der Waals surface area contributed by atoms with Gasteiger partial charge in [0, 0.05) is 12.6 Å². The zero-order chi connectivity index (χ0) is 14.0. The zero-order valence-electron chi connectivity index (χ0n) is 11.2. The molecule has 1 heterocycles. The topological polar surface area (TPSA) is 29.9 Å². The lowest BCUT2D eigenvalue weighted by Gasteiger charge is -2.20. The molecule has 1 atom stereocenters. The van der Waals surface area contributed by atoms with Gasteiger partial charge in [0.05, 0.1) is 22.4 Å². The number of halogens is 2. The number of aromatic nitrogens is 2. The molecule has 0 saturated heterocycles. The van der Waals surface area contributed by atoms with Gasteiger partial charge in [-0.25, -0.2) is 4.39 Å². The highest BCUT2D eigenvalue weighted by Crippen LogP contribution is 2.30. The lowest BCUT2D eigenvalue weighted by atomic mass is 10.0. The van der Waals surface area contributed by atoms with Crippen molar-refractivity contribution in [3.8, 4) is 0 Å². The molecule has 2 aromatic rings. The molecule has 2 rings (SSSR count). The summed E-state index contributed by atoms with van der Waals surface area (Å²) < 4.78 is 16.8. The van der Waals surface area contributed by atoms with Crippen molar-refractivity contribution in [2.75, 3.05) is 6.54 Å². The summed E-state index contributed by atoms with van der Waals surface area (Å²) in [6.45, 7) is 4.71. The molecule has 5 heteroatoms. The van der Waals surface area contributed by atoms with Crippen LogP contribution in [0, 0.1) is 12.7 Å². The van der Waals surface area contributed by atoms with Gasteiger partial charge in [0.2, 0.25) is 0 Å². The van der Waals surface area contributed by atoms with Crippen molar-refractivity contribution in [2.24, 2.45) is 7.05 Å². The fourth-order valence-corrected chi connectivity index (χ4v) is 2.76. The molecule has 0 saturated carbocycles. The van der Waals surface area contributed by atoms with Gasteiger partial charge in [-0.1, -0.05) is 24.6 Å². The van der Waals surface area contributed by atoms with E-state index < -0.39 is 0 Å². The van der Waals surface area contributed by atoms with Crippen LogP contribution in [0.15, 0.2) is 28.9 Å². The van der Waals surface area contributed by atoms with Gasteiger partial charge >= 0.3 is 0 Å². The Morgan fingerprint density at radius 1 is 1.47 bits per heavy atom. The van der Waals surface area contributed by atoms with Crippen LogP contribution in [0.2, 0.25) is 0 Å². The molecular weight excluding hydrogens is 309 g/mol. The Morgan fingerprint density at radius 3 is 2.79 bits per heavy atom. The first-order valence-corrected chi connectivity index (χ1v) is 7.00. The van der Waals surface area contributed by atoms with Gasteiger partial charge in [-0.05, 0) is 35.5 Å². The molecular formula is C14H17BrFN3. The van der Waals surface area contributed by atoms with E-state index in [9.17, 15) is 4.39 Å². The fraction of sp³-hybridized carbons (Fsp3) is 0.357. The molecule has 0 aliphatic rings. The second kappa shape index (κ2) is 5.84. The maximum atomic E-state index is 14.1. The lowest BCUT2D eigenvalue weighted by Crippen LogP contribution is -2.25. The van der Waals surface area contributed by atoms with Crippen LogP contribution in [-0.2, 0) is 7.05 Å². The summed E-state index contributed by atoms with van der Waals surface area (Å²) in [5, 5.41) is 7.52. The van der Waals surface area contributed by atoms with Crippen molar-refractivity contribution in [1.82, 2.24) is 15.1 Å². The first kappa shape index (κ1) is 14.2. The van der Waals surface area contributed by atoms with Crippen LogP contribution in [0.3, 0.4) is 0 Å². The van der Waals surface area contributed by atoms with E-state index in [1.54, 1.807) is 16.9 Å². The van der Waals surface area contributed by atoms with E-state index in [1.807, 2.05) is 27.0 Å². The molecule has 1 unspecified atom stereocenters. The maximum Gasteiger partial charge on any atom is 0.128 e. The summed E-state index contributed by atoms with van der Waals surface area (Å²) in [4.78, 5) is 0. The molecule has 0 aliphatic heterocycles. The van der Waals surface area contributed by atoms with E-state index in [2.05, 4.69) is 26.3 Å². The predicted octanol–water partition coefficient (Wildman–Crippen LogP) is 3.33. The second-order valence-corrected chi connectivity index (χ2v) is 5.37. The second-order valence-electron chi connectivity index (χ2n) is 4.52. The molecule has 1 N–H and O–H groups in total. The molecule has 1 aromatic carbocycles. The van der Waals surface area contributed by atoms with Crippen LogP contribution in [0.1, 0.15) is 29.8 Å². The summed E-state index contributed by atoms with van der Waals surface area (Å²) in [7, 11) is 1.86. The Kier molecular flexibility index (Phi) is 4.37. The molecule has 0 bridgehead atoms. The first-order valence-electron chi connectivity index (χ1n) is 6.21. The number of nitrogens with zero attached hydrogens (tertiary/aromatic N) is 2. The minimum atomic E-state index is -0.216. The summed E-state index contributed by atoms with van der Waals surface area (Å²) in [6, 6.07) is 4.95. The van der Waals surface area contributed by atoms with E-state index in [1.165, 1.54) is 6.07 Å². The number of hydrogen-bond donors (Lipinski definition) is 1. The molecule has 0 spiro atoms. The van der Waals surface area contributed by atoms with Crippen molar-refractivity contribution >= 4 is 15.9 Å². The van der Waals surface area contributed by atoms with Crippen molar-refractivity contribution < 1.29 is 4.39 Å². The van der Waals surface area contributed by atoms with Crippen molar-refractivity contribution in [3.05, 3.63) is 51.5 Å². The molecule has 0 amide bonds. The van der Waals surface area contributed by atoms with Crippen molar-refractivity contribution in [3.63, 3.8) is 0 Å². The van der Waals surface area contributed by atoms with Crippen LogP contribution >= 0.6 is 15.9 Å². The zero-order valence-corrected chi connectivity index (χ0v) is 12.8. The Morgan fingerprint density at radius 2 is 2.21 bits per heavy atom. The average molecular weight is 326 g/mol. The van der Waals surface area contributed by atoms with Gasteiger partial charge in [-0.3, -0.25) is 4.68 Å². The largest absolute Gasteiger partial charge is 0.305 e. The number of benzene rings is 1. The first-order chi connectivity index (χ1) is 9.04. The minimum absolute atomic E-state index is 0.204. The third kappa shape index (κ3) is 2.87. The highest BCUT2D eigenvalue weighted by Gasteiger charge is 2.22. The average Bonchev–Trinajstić information content (AvgIpc) is 2.70. The van der Waals surface area contributed by atoms with Gasteiger partial charge in [0.15, 0.2) is 0 Å². The Bertz CT molecular complexity index is 561. The lowest BCUT2D eigenvalue weighted by molar-refractivity contribution is 0.530. The third-order valence-electron chi connectivity index (χ3n) is 3.08. The van der Waals surface area contributed by atoms with Crippen molar-refractivity contribution in [2.45, 2.75) is 19.9 Å². The summed E-state index contributed by atoms with van der Waals surface area (Å²) in [5.74, 6) is -0.204. The van der Waals surface area contributed by atoms with E-state index in [4.69, 9.17) is 0 Å². The van der Waals surface area contributed by atoms with Crippen LogP contribution in [0.4, 0.5) is 4.39 Å². The quantitative estimate of drug-likeness (QED) is 0.934. The minimum Gasteiger partial charge on any atom is -0.305 e. The Balaban J connectivity index is 2.54. The molecule has 0 aliphatic carbocycles. The Hall–Kier alpha value is -1.20. The van der Waals surface area contributed by atoms with Crippen LogP contribution in [0.25, 0.3) is 0 Å². The molecule has 0 fully saturated rings. The molecule has 3 nitrogen and oxygen atoms in total. The highest BCUT2D eigenvalue weighted by molar-refractivity contribution is 9.10. The highest BCUT2D eigenvalue weighted by atomic mass is 79.9. The van der Waals surface area contributed by atoms with Gasteiger partial charge in [0.1, 0.15) is 5.82 Å². The number of nitrogens with one attached hydrogen (secondary N) is 1. The molecule has 1 aromatic heterocycles. The fourth-order valence-electron chi connectivity index (χ4n) is 2.19. The normalized spacial score (nSPS) is 12.7. The number of hydrogen-bond acceptors (Lipinski definition) is 2. The molecule has 19 heavy (non-hydrogen) atoms. The van der Waals surface area contributed by atoms with E-state index in [-0.39, 0.29) is 11.9 Å². The van der Waals surface area contributed by atoms with E-state index in [0.717, 1.165) is 22.3 Å². The molecule has 0 radical (unpaired) electrons. The predicted molar refractivity (Wildman–Crippen MR) is 77.6 cm³/mol. The van der Waals surface area contributed by atoms with Crippen LogP contribution in [0.5, 0.6) is 0 Å². The smallest absolute Gasteiger partial charge is 0.128 e. The summed E-state index contributed by atoms with van der Waals surface area (Å²) in [6.07, 6.45) is 1.73. The van der Waals surface area contributed by atoms with Gasteiger partial charge in [-0.2, -0.15) is 5.10 Å². The van der Waals surface area contributed by atoms with Crippen LogP contribution < -0.4 is 5.32 Å². The van der Waals surface area contributed by atoms with E-state index in [0.29, 0.717) is 5.56 Å². The number of aryl methyl sites for hydroxylation is 2. The van der Waals surface area contributed by atoms with Gasteiger partial charge in [-0.15, -0.1) is 0 Å². The monoisotopic (exact) mass is 325 g/mol. The molecule has 102 valence electrons. The maximum absolute atomic E-state index is 14.1. The van der Waals surface area contributed by atoms with Gasteiger partial charge < -0.3 is 5.32 Å². The Labute approximate surface area is 121 Å². The number of rotatable bonds is 4. The SMILES string of the molecule is CCNC(c1cc(C)ccc1F)c1c(Br)cnn1C. The third-order valence-corrected chi connectivity index (χ3v) is 3.69. The standard InChI is InChI=1S/C14H17BrFN3/c1-4-17-13(14-11(15)8-18-19(14)3)10-7-9(2)5-6-12(10)16/h5-8,13,17H,4H2,1-3H3. The summed E-state index contributed by atoms with van der Waals surface area (Å²) in [5.41, 5.74) is 2.61.